The third kappa shape index (κ3) is 5.99. The first-order valence-electron chi connectivity index (χ1n) is 8.39. The molecule has 0 amide bonds. The molecular formula is C17H28F2N2S. The lowest BCUT2D eigenvalue weighted by Gasteiger charge is -2.31. The van der Waals surface area contributed by atoms with E-state index in [4.69, 9.17) is 0 Å². The van der Waals surface area contributed by atoms with Gasteiger partial charge in [-0.25, -0.2) is 8.78 Å². The second kappa shape index (κ2) is 8.44. The van der Waals surface area contributed by atoms with Gasteiger partial charge in [0.25, 0.3) is 5.92 Å². The Morgan fingerprint density at radius 2 is 2.05 bits per heavy atom. The van der Waals surface area contributed by atoms with Crippen LogP contribution in [-0.4, -0.2) is 42.9 Å². The third-order valence-corrected chi connectivity index (χ3v) is 6.06. The number of thioether (sulfide) groups is 1. The van der Waals surface area contributed by atoms with E-state index in [0.717, 1.165) is 49.5 Å². The number of hydrogen-bond donors (Lipinski definition) is 0. The molecule has 0 spiro atoms. The highest BCUT2D eigenvalue weighted by Gasteiger charge is 2.25. The Balaban J connectivity index is 1.80. The zero-order valence-electron chi connectivity index (χ0n) is 13.6. The van der Waals surface area contributed by atoms with Gasteiger partial charge in [-0.2, -0.15) is 0 Å². The Kier molecular flexibility index (Phi) is 6.87. The van der Waals surface area contributed by atoms with Crippen LogP contribution in [0.5, 0.6) is 0 Å². The SMILES string of the molecule is C=NC1=C(SCC(C)(F)F)CCN(CCC2CCCCC2)C1. The fourth-order valence-corrected chi connectivity index (χ4v) is 4.28. The van der Waals surface area contributed by atoms with Crippen LogP contribution >= 0.6 is 11.8 Å². The quantitative estimate of drug-likeness (QED) is 0.613. The minimum absolute atomic E-state index is 0.163. The maximum Gasteiger partial charge on any atom is 0.254 e. The normalized spacial score (nSPS) is 22.1. The van der Waals surface area contributed by atoms with Crippen LogP contribution in [-0.2, 0) is 0 Å². The van der Waals surface area contributed by atoms with E-state index < -0.39 is 5.92 Å². The van der Waals surface area contributed by atoms with Gasteiger partial charge in [-0.1, -0.05) is 32.1 Å². The first-order valence-corrected chi connectivity index (χ1v) is 9.38. The molecule has 1 saturated carbocycles. The molecule has 126 valence electrons. The molecule has 0 radical (unpaired) electrons. The standard InChI is InChI=1S/C17H28F2N2S/c1-17(18,19)13-22-16-9-11-21(12-15(16)20-2)10-8-14-6-4-3-5-7-14/h14H,2-13H2,1H3. The molecule has 2 rings (SSSR count). The molecule has 22 heavy (non-hydrogen) atoms. The van der Waals surface area contributed by atoms with Crippen LogP contribution < -0.4 is 0 Å². The Labute approximate surface area is 137 Å². The van der Waals surface area contributed by atoms with E-state index in [1.807, 2.05) is 0 Å². The number of alkyl halides is 2. The van der Waals surface area contributed by atoms with Gasteiger partial charge in [-0.05, 0) is 32.0 Å². The smallest absolute Gasteiger partial charge is 0.254 e. The Bertz CT molecular complexity index is 398. The topological polar surface area (TPSA) is 15.6 Å². The lowest BCUT2D eigenvalue weighted by atomic mass is 9.87. The van der Waals surface area contributed by atoms with Gasteiger partial charge in [0.1, 0.15) is 0 Å². The third-order valence-electron chi connectivity index (χ3n) is 4.62. The zero-order chi connectivity index (χ0) is 16.0. The monoisotopic (exact) mass is 330 g/mol. The summed E-state index contributed by atoms with van der Waals surface area (Å²) in [7, 11) is 0. The molecule has 1 heterocycles. The molecule has 1 aliphatic carbocycles. The highest BCUT2D eigenvalue weighted by Crippen LogP contribution is 2.33. The van der Waals surface area contributed by atoms with Crippen LogP contribution in [0.3, 0.4) is 0 Å². The van der Waals surface area contributed by atoms with Crippen LogP contribution in [0.4, 0.5) is 8.78 Å². The molecule has 2 aliphatic rings. The van der Waals surface area contributed by atoms with Crippen LogP contribution in [0.25, 0.3) is 0 Å². The molecule has 5 heteroatoms. The maximum atomic E-state index is 13.0. The summed E-state index contributed by atoms with van der Waals surface area (Å²) in [6.45, 7) is 7.44. The van der Waals surface area contributed by atoms with E-state index in [9.17, 15) is 8.78 Å². The summed E-state index contributed by atoms with van der Waals surface area (Å²) in [4.78, 5) is 7.51. The molecule has 2 nitrogen and oxygen atoms in total. The lowest BCUT2D eigenvalue weighted by Crippen LogP contribution is -2.33. The van der Waals surface area contributed by atoms with Gasteiger partial charge in [0.2, 0.25) is 0 Å². The Morgan fingerprint density at radius 1 is 1.32 bits per heavy atom. The average Bonchev–Trinajstić information content (AvgIpc) is 2.51. The minimum atomic E-state index is -2.62. The van der Waals surface area contributed by atoms with Crippen molar-refractivity contribution in [2.75, 3.05) is 25.4 Å². The summed E-state index contributed by atoms with van der Waals surface area (Å²) in [6.07, 6.45) is 9.02. The molecule has 0 aromatic heterocycles. The van der Waals surface area contributed by atoms with E-state index >= 15 is 0 Å². The molecule has 1 aliphatic heterocycles. The second-order valence-electron chi connectivity index (χ2n) is 6.71. The summed E-state index contributed by atoms with van der Waals surface area (Å²) in [5.41, 5.74) is 0.907. The van der Waals surface area contributed by atoms with Crippen LogP contribution in [0.2, 0.25) is 0 Å². The van der Waals surface area contributed by atoms with E-state index in [2.05, 4.69) is 16.6 Å². The molecule has 0 atom stereocenters. The highest BCUT2D eigenvalue weighted by molar-refractivity contribution is 8.03. The van der Waals surface area contributed by atoms with Crippen molar-refractivity contribution in [1.29, 1.82) is 0 Å². The molecule has 0 saturated heterocycles. The van der Waals surface area contributed by atoms with Crippen molar-refractivity contribution in [3.63, 3.8) is 0 Å². The van der Waals surface area contributed by atoms with Gasteiger partial charge in [-0.3, -0.25) is 9.89 Å². The maximum absolute atomic E-state index is 13.0. The number of hydrogen-bond acceptors (Lipinski definition) is 3. The van der Waals surface area contributed by atoms with Crippen molar-refractivity contribution in [3.05, 3.63) is 10.6 Å². The first kappa shape index (κ1) is 17.9. The Hall–Kier alpha value is -0.420. The Morgan fingerprint density at radius 3 is 2.68 bits per heavy atom. The van der Waals surface area contributed by atoms with Crippen LogP contribution in [0.1, 0.15) is 51.9 Å². The van der Waals surface area contributed by atoms with Gasteiger partial charge in [0.05, 0.1) is 11.4 Å². The van der Waals surface area contributed by atoms with E-state index in [0.29, 0.717) is 0 Å². The summed E-state index contributed by atoms with van der Waals surface area (Å²) < 4.78 is 26.0. The second-order valence-corrected chi connectivity index (χ2v) is 7.78. The van der Waals surface area contributed by atoms with Gasteiger partial charge >= 0.3 is 0 Å². The van der Waals surface area contributed by atoms with Crippen LogP contribution in [0, 0.1) is 5.92 Å². The molecule has 0 unspecified atom stereocenters. The van der Waals surface area contributed by atoms with Gasteiger partial charge in [0.15, 0.2) is 0 Å². The molecule has 1 fully saturated rings. The molecular weight excluding hydrogens is 302 g/mol. The average molecular weight is 330 g/mol. The highest BCUT2D eigenvalue weighted by atomic mass is 32.2. The summed E-state index contributed by atoms with van der Waals surface area (Å²) in [5, 5.41) is 0. The fourth-order valence-electron chi connectivity index (χ4n) is 3.32. The molecule has 0 aromatic rings. The summed E-state index contributed by atoms with van der Waals surface area (Å²) >= 11 is 1.25. The van der Waals surface area contributed by atoms with Gasteiger partial charge < -0.3 is 0 Å². The van der Waals surface area contributed by atoms with Crippen molar-refractivity contribution >= 4 is 18.5 Å². The van der Waals surface area contributed by atoms with Crippen molar-refractivity contribution in [2.45, 2.75) is 57.8 Å². The van der Waals surface area contributed by atoms with Crippen molar-refractivity contribution in [3.8, 4) is 0 Å². The molecule has 0 aromatic carbocycles. The summed E-state index contributed by atoms with van der Waals surface area (Å²) in [6, 6.07) is 0. The number of halogens is 2. The lowest BCUT2D eigenvalue weighted by molar-refractivity contribution is 0.0493. The van der Waals surface area contributed by atoms with E-state index in [-0.39, 0.29) is 5.75 Å². The first-order chi connectivity index (χ1) is 10.5. The zero-order valence-corrected chi connectivity index (χ0v) is 14.4. The fraction of sp³-hybridized carbons (Fsp3) is 0.824. The summed E-state index contributed by atoms with van der Waals surface area (Å²) in [5.74, 6) is -1.90. The van der Waals surface area contributed by atoms with Gasteiger partial charge in [0, 0.05) is 24.9 Å². The number of nitrogens with zero attached hydrogens (tertiary/aromatic N) is 2. The van der Waals surface area contributed by atoms with Crippen LogP contribution in [0.15, 0.2) is 15.6 Å². The van der Waals surface area contributed by atoms with E-state index in [1.165, 1.54) is 50.3 Å². The van der Waals surface area contributed by atoms with Gasteiger partial charge in [-0.15, -0.1) is 11.8 Å². The predicted molar refractivity (Wildman–Crippen MR) is 91.9 cm³/mol. The largest absolute Gasteiger partial charge is 0.297 e. The van der Waals surface area contributed by atoms with Crippen molar-refractivity contribution in [2.24, 2.45) is 10.9 Å². The molecule has 0 N–H and O–H groups in total. The number of aliphatic imine (C=N–C) groups is 1. The number of rotatable bonds is 7. The van der Waals surface area contributed by atoms with E-state index in [1.54, 1.807) is 0 Å². The van der Waals surface area contributed by atoms with Crippen molar-refractivity contribution < 1.29 is 8.78 Å². The predicted octanol–water partition coefficient (Wildman–Crippen LogP) is 4.96. The van der Waals surface area contributed by atoms with Crippen molar-refractivity contribution in [1.82, 2.24) is 4.90 Å². The molecule has 0 bridgehead atoms. The minimum Gasteiger partial charge on any atom is -0.297 e.